The number of halogens is 6. The predicted molar refractivity (Wildman–Crippen MR) is 394 cm³/mol. The smallest absolute Gasteiger partial charge is 0.407 e. The van der Waals surface area contributed by atoms with Crippen molar-refractivity contribution in [3.05, 3.63) is 151 Å². The molecule has 31 heteroatoms. The highest BCUT2D eigenvalue weighted by molar-refractivity contribution is 8.00. The van der Waals surface area contributed by atoms with Crippen LogP contribution in [0.4, 0.5) is 21.5 Å². The number of anilines is 2. The van der Waals surface area contributed by atoms with Crippen molar-refractivity contribution in [2.75, 3.05) is 49.1 Å². The Morgan fingerprint density at radius 2 is 0.948 bits per heavy atom. The molecule has 0 spiro atoms. The van der Waals surface area contributed by atoms with Gasteiger partial charge < -0.3 is 45.9 Å². The number of imidazole rings is 3. The lowest BCUT2D eigenvalue weighted by Crippen LogP contribution is -2.39. The van der Waals surface area contributed by atoms with E-state index in [2.05, 4.69) is 45.7 Å². The van der Waals surface area contributed by atoms with Crippen LogP contribution >= 0.6 is 105 Å². The largest absolute Gasteiger partial charge is 0.444 e. The minimum Gasteiger partial charge on any atom is -0.444 e. The van der Waals surface area contributed by atoms with E-state index in [1.54, 1.807) is 49.2 Å². The third-order valence-electron chi connectivity index (χ3n) is 14.6. The topological polar surface area (TPSA) is 279 Å². The maximum atomic E-state index is 12.2. The number of H-pyrrole nitrogens is 1. The number of nitrogens with one attached hydrogen (secondary N) is 4. The van der Waals surface area contributed by atoms with Crippen LogP contribution < -0.4 is 37.2 Å². The number of hydrogen-bond acceptors (Lipinski definition) is 19. The van der Waals surface area contributed by atoms with Gasteiger partial charge in [-0.15, -0.1) is 0 Å². The van der Waals surface area contributed by atoms with Gasteiger partial charge in [0.25, 0.3) is 0 Å². The third kappa shape index (κ3) is 22.8. The first kappa shape index (κ1) is 79.6. The number of benzene rings is 3. The van der Waals surface area contributed by atoms with Crippen LogP contribution in [0.2, 0.25) is 30.1 Å². The Bertz CT molecular complexity index is 4120. The van der Waals surface area contributed by atoms with E-state index in [4.69, 9.17) is 106 Å². The normalized spacial score (nSPS) is 16.5. The molecule has 0 saturated carbocycles. The van der Waals surface area contributed by atoms with Crippen molar-refractivity contribution in [1.82, 2.24) is 59.1 Å². The zero-order chi connectivity index (χ0) is 68.4. The molecule has 0 radical (unpaired) electrons. The van der Waals surface area contributed by atoms with Crippen LogP contribution in [0, 0.1) is 10.8 Å². The average molecular weight is 1500 g/mol. The number of ether oxygens (including phenoxy) is 2. The second kappa shape index (κ2) is 37.7. The molecule has 97 heavy (non-hydrogen) atoms. The lowest BCUT2D eigenvalue weighted by Gasteiger charge is -2.24. The van der Waals surface area contributed by atoms with Crippen LogP contribution in [-0.4, -0.2) is 124 Å². The van der Waals surface area contributed by atoms with Crippen molar-refractivity contribution in [3.8, 4) is 0 Å². The van der Waals surface area contributed by atoms with Crippen molar-refractivity contribution in [3.63, 3.8) is 0 Å². The summed E-state index contributed by atoms with van der Waals surface area (Å²) in [5, 5.41) is 24.4. The van der Waals surface area contributed by atoms with Crippen LogP contribution in [0.1, 0.15) is 114 Å². The molecule has 0 aliphatic carbocycles. The fraction of sp³-hybridized carbons (Fsp3) is 0.424. The quantitative estimate of drug-likeness (QED) is 0.0796. The molecule has 3 unspecified atom stereocenters. The second-order valence-corrected chi connectivity index (χ2v) is 29.7. The molecule has 12 rings (SSSR count). The Balaban J connectivity index is 0.000000209. The van der Waals surface area contributed by atoms with Crippen molar-refractivity contribution >= 4 is 146 Å². The lowest BCUT2D eigenvalue weighted by molar-refractivity contribution is 0.0489. The maximum Gasteiger partial charge on any atom is 0.407 e. The first-order valence-corrected chi connectivity index (χ1v) is 35.4. The van der Waals surface area contributed by atoms with E-state index in [0.717, 1.165) is 150 Å². The summed E-state index contributed by atoms with van der Waals surface area (Å²) in [6, 6.07) is 17.2. The third-order valence-corrected chi connectivity index (χ3v) is 20.7. The number of carbonyl (C=O) groups excluding carboxylic acids is 2. The van der Waals surface area contributed by atoms with E-state index in [1.807, 2.05) is 112 Å². The fourth-order valence-corrected chi connectivity index (χ4v) is 14.5. The molecule has 3 aliphatic rings. The molecule has 3 aliphatic heterocycles. The van der Waals surface area contributed by atoms with Gasteiger partial charge in [0, 0.05) is 126 Å². The number of nitrogens with zero attached hydrogens (tertiary/aromatic N) is 12. The zero-order valence-electron chi connectivity index (χ0n) is 53.2. The van der Waals surface area contributed by atoms with E-state index in [1.165, 1.54) is 39.7 Å². The van der Waals surface area contributed by atoms with Crippen LogP contribution in [0.3, 0.4) is 0 Å². The van der Waals surface area contributed by atoms with E-state index in [0.29, 0.717) is 35.8 Å². The molecular formula is C66H83Cl6N17O5S3. The zero-order valence-corrected chi connectivity index (χ0v) is 60.2. The van der Waals surface area contributed by atoms with Gasteiger partial charge in [0.15, 0.2) is 16.9 Å². The van der Waals surface area contributed by atoms with Crippen molar-refractivity contribution < 1.29 is 19.1 Å². The molecule has 3 aromatic carbocycles. The lowest BCUT2D eigenvalue weighted by atomic mass is 10.1. The summed E-state index contributed by atoms with van der Waals surface area (Å²) < 4.78 is 16.1. The molecule has 2 amide bonds. The standard InChI is InChI=1S/C23H27Cl2N5O2S.C18H19Cl2N5S.C12H7Cl2N3OS.C11H22N2O2.2CH4.N2/c1-23(2,3)32-22(31)28-15-6-5-11-29(12-9-15)21-27-14-18(20-26-10-13-30(20)21)33-17-8-4-7-16(24)19(17)25;19-13-4-1-5-14(16(13)20)26-15-11-23-18(25-10-7-22-17(15)25)24-8-2-3-12(21)6-9-24;13-7-2-1-3-8(10(7)14)19-9-6-16-12(18)17-5-4-15-11(9)17;1-11(2,3)15-10(14)13-9-5-4-7-12-8-6-9;;;1-2/h4,7-8,10,13-15H,5-6,9,11-12H2,1-3H3,(H,28,31);1,4-5,7,10-12H,2-3,6,8-9,21H2;1-6H,(H,16,18);9,12H,4-8H2,1-3H3,(H,13,14);2*1H4;. The van der Waals surface area contributed by atoms with Gasteiger partial charge in [-0.1, -0.05) is 138 Å². The molecule has 22 nitrogen and oxygen atoms in total. The number of hydrogen-bond donors (Lipinski definition) is 5. The van der Waals surface area contributed by atoms with Gasteiger partial charge in [0.2, 0.25) is 11.9 Å². The van der Waals surface area contributed by atoms with Gasteiger partial charge in [-0.05, 0) is 149 Å². The minimum absolute atomic E-state index is 0. The summed E-state index contributed by atoms with van der Waals surface area (Å²) in [6.07, 6.45) is 24.2. The SMILES string of the molecule is C.C.CC(C)(C)OC(=O)NC1CCCN(c2ncc(Sc3cccc(Cl)c3Cl)c3nccn23)CC1.CC(C)(C)OC(=O)NC1CCCNCC1.N#N.NC1CCCN(c2ncc(Sc3cccc(Cl)c3Cl)c3nccn23)CC1.O=c1[nH]cc(Sc2cccc(Cl)c2Cl)c2nccn12. The molecule has 6 aromatic heterocycles. The molecule has 3 fully saturated rings. The number of aromatic amines is 1. The summed E-state index contributed by atoms with van der Waals surface area (Å²) in [5.74, 6) is 1.75. The first-order chi connectivity index (χ1) is 45.5. The fourth-order valence-electron chi connectivity index (χ4n) is 10.3. The summed E-state index contributed by atoms with van der Waals surface area (Å²) in [6.45, 7) is 16.7. The first-order valence-electron chi connectivity index (χ1n) is 30.7. The summed E-state index contributed by atoms with van der Waals surface area (Å²) in [7, 11) is 0. The number of fused-ring (bicyclic) bond motifs is 3. The Hall–Kier alpha value is -6.41. The Kier molecular flexibility index (Phi) is 30.9. The average Bonchev–Trinajstić information content (AvgIpc) is 1.73. The summed E-state index contributed by atoms with van der Waals surface area (Å²) >= 11 is 41.6. The molecule has 9 heterocycles. The van der Waals surface area contributed by atoms with E-state index in [9.17, 15) is 14.4 Å². The highest BCUT2D eigenvalue weighted by atomic mass is 35.5. The van der Waals surface area contributed by atoms with Gasteiger partial charge in [-0.2, -0.15) is 0 Å². The van der Waals surface area contributed by atoms with Crippen molar-refractivity contribution in [2.45, 2.75) is 173 Å². The number of carbonyl (C=O) groups is 2. The van der Waals surface area contributed by atoms with Gasteiger partial charge in [0.1, 0.15) is 11.2 Å². The van der Waals surface area contributed by atoms with Crippen LogP contribution in [0.5, 0.6) is 0 Å². The van der Waals surface area contributed by atoms with Crippen molar-refractivity contribution in [1.29, 1.82) is 10.8 Å². The number of amides is 2. The van der Waals surface area contributed by atoms with Gasteiger partial charge in [0.05, 0.1) is 44.8 Å². The molecule has 6 N–H and O–H groups in total. The Labute approximate surface area is 609 Å². The van der Waals surface area contributed by atoms with Gasteiger partial charge >= 0.3 is 17.9 Å². The molecule has 0 bridgehead atoms. The second-order valence-electron chi connectivity index (χ2n) is 24.1. The maximum absolute atomic E-state index is 12.2. The molecule has 522 valence electrons. The minimum atomic E-state index is -0.507. The van der Waals surface area contributed by atoms with E-state index < -0.39 is 11.2 Å². The summed E-state index contributed by atoms with van der Waals surface area (Å²) in [5.41, 5.74) is 7.23. The Morgan fingerprint density at radius 1 is 0.536 bits per heavy atom. The Morgan fingerprint density at radius 3 is 1.42 bits per heavy atom. The number of aromatic nitrogens is 9. The van der Waals surface area contributed by atoms with Crippen LogP contribution in [0.25, 0.3) is 16.9 Å². The van der Waals surface area contributed by atoms with Crippen LogP contribution in [-0.2, 0) is 9.47 Å². The van der Waals surface area contributed by atoms with Crippen LogP contribution in [0.15, 0.2) is 145 Å². The highest BCUT2D eigenvalue weighted by Crippen LogP contribution is 2.41. The highest BCUT2D eigenvalue weighted by Gasteiger charge is 2.26. The van der Waals surface area contributed by atoms with Crippen molar-refractivity contribution in [2.24, 2.45) is 5.73 Å². The van der Waals surface area contributed by atoms with E-state index in [-0.39, 0.29) is 50.9 Å². The molecule has 3 atom stereocenters. The number of alkyl carbamates (subject to hydrolysis) is 2. The molecule has 3 saturated heterocycles. The predicted octanol–water partition coefficient (Wildman–Crippen LogP) is 17.0. The monoisotopic (exact) mass is 1500 g/mol. The molecular weight excluding hydrogens is 1420 g/mol. The van der Waals surface area contributed by atoms with Gasteiger partial charge in [-0.3, -0.25) is 13.2 Å². The van der Waals surface area contributed by atoms with Gasteiger partial charge in [-0.25, -0.2) is 39.3 Å². The molecule has 9 aromatic rings. The summed E-state index contributed by atoms with van der Waals surface area (Å²) in [4.78, 5) is 70.4. The number of nitrogens with two attached hydrogens (primary N) is 1. The number of rotatable bonds is 10. The van der Waals surface area contributed by atoms with E-state index >= 15 is 0 Å².